The molecule has 0 radical (unpaired) electrons. The number of carbonyl (C=O) groups is 22. The fraction of sp³-hybridized carbons (Fsp3) is 0.468. The standard InChI is InChI=1S/C94H129N23O25S3/c1-47(2)34-62(108-88(135)68(41-75(100)121)113-92(139)71(46-144)116-93(140)78(48(3)4)117-90(137)66(107-79(126)55(96)39-73(98)119)38-52-44-102-57-25-15-13-23-54(52)57)83(130)109-63(35-49-18-8-6-9-19-49)84(131)103-58(26-16-17-32-95)80(127)112-67(40-74(99)120)87(134)104-59(27-29-72(97)118)82(129)111-65(37-51-43-101-56-24-14-12-22-53(51)56)86(133)110-64(36-50-20-10-7-11-21-50)85(132)115-70(45-143)91(138)114-69(42-77(124)125)89(136)105-60(28-30-76(122)123)81(128)106-61(94(141)142)31-33-145-5/h6-15,18-25,43-44,47-48,55,58-71,78,101-102,143-144H,16-17,26-42,45-46,95-96H2,1-5H3,(H2,97,118)(H2,98,119)(H2,99,120)(H2,100,121)(H,103,131)(H,104,134)(H,105,136)(H,106,128)(H,107,126)(H,108,135)(H,109,130)(H,110,133)(H,111,129)(H,112,127)(H,113,139)(H,114,138)(H,115,132)(H,116,140)(H,117,137)(H,122,123)(H,124,125)(H,141,142)/t55-,58-,59-,60-,61-,62-,63-,64-,65-,66-,67-,68-,69-,70-,71-,78-/m0/s1. The summed E-state index contributed by atoms with van der Waals surface area (Å²) in [7, 11) is 0. The molecule has 788 valence electrons. The van der Waals surface area contributed by atoms with E-state index in [4.69, 9.17) is 34.4 Å². The Morgan fingerprint density at radius 1 is 0.338 bits per heavy atom. The third kappa shape index (κ3) is 40.2. The molecular weight excluding hydrogens is 1950 g/mol. The maximum Gasteiger partial charge on any atom is 0.326 e. The number of carboxylic acids is 3. The maximum absolute atomic E-state index is 15.3. The molecule has 51 heteroatoms. The first-order valence-corrected chi connectivity index (χ1v) is 49.1. The van der Waals surface area contributed by atoms with Crippen LogP contribution in [0.15, 0.2) is 122 Å². The van der Waals surface area contributed by atoms with E-state index in [-0.39, 0.29) is 63.7 Å². The topological polar surface area (TPSA) is 804 Å². The number of rotatable bonds is 65. The minimum Gasteiger partial charge on any atom is -0.481 e. The fourth-order valence-corrected chi connectivity index (χ4v) is 16.1. The van der Waals surface area contributed by atoms with Gasteiger partial charge in [-0.1, -0.05) is 125 Å². The molecule has 0 bridgehead atoms. The van der Waals surface area contributed by atoms with E-state index >= 15 is 14.4 Å². The Bertz CT molecular complexity index is 5560. The molecule has 48 nitrogen and oxygen atoms in total. The number of primary amides is 4. The van der Waals surface area contributed by atoms with Crippen molar-refractivity contribution in [2.24, 2.45) is 46.2 Å². The second-order valence-electron chi connectivity index (χ2n) is 35.1. The molecule has 0 unspecified atom stereocenters. The van der Waals surface area contributed by atoms with Crippen molar-refractivity contribution in [2.75, 3.05) is 30.1 Å². The number of thiol groups is 2. The molecule has 0 aliphatic carbocycles. The highest BCUT2D eigenvalue weighted by molar-refractivity contribution is 7.98. The number of aliphatic carboxylic acids is 3. The average molecular weight is 2080 g/mol. The minimum atomic E-state index is -2.07. The predicted molar refractivity (Wildman–Crippen MR) is 536 cm³/mol. The molecule has 0 saturated carbocycles. The van der Waals surface area contributed by atoms with E-state index in [1.165, 1.54) is 18.0 Å². The third-order valence-corrected chi connectivity index (χ3v) is 24.1. The van der Waals surface area contributed by atoms with Crippen molar-refractivity contribution in [3.05, 3.63) is 144 Å². The molecule has 0 fully saturated rings. The van der Waals surface area contributed by atoms with Crippen molar-refractivity contribution < 1.29 is 121 Å². The molecule has 32 N–H and O–H groups in total. The van der Waals surface area contributed by atoms with Crippen LogP contribution in [0.2, 0.25) is 0 Å². The van der Waals surface area contributed by atoms with Gasteiger partial charge in [0.1, 0.15) is 90.6 Å². The van der Waals surface area contributed by atoms with Crippen LogP contribution in [0, 0.1) is 11.8 Å². The highest BCUT2D eigenvalue weighted by Gasteiger charge is 2.41. The zero-order valence-corrected chi connectivity index (χ0v) is 83.0. The number of H-pyrrole nitrogens is 2. The van der Waals surface area contributed by atoms with Gasteiger partial charge in [-0.3, -0.25) is 101 Å². The lowest BCUT2D eigenvalue weighted by molar-refractivity contribution is -0.143. The Hall–Kier alpha value is -14.7. The van der Waals surface area contributed by atoms with Crippen LogP contribution in [-0.2, 0) is 131 Å². The number of unbranched alkanes of at least 4 members (excludes halogenated alkanes) is 1. The lowest BCUT2D eigenvalue weighted by atomic mass is 9.99. The summed E-state index contributed by atoms with van der Waals surface area (Å²) in [6.45, 7) is 6.51. The quantitative estimate of drug-likeness (QED) is 0.0126. The lowest BCUT2D eigenvalue weighted by Crippen LogP contribution is -2.62. The fourth-order valence-electron chi connectivity index (χ4n) is 15.1. The van der Waals surface area contributed by atoms with Crippen LogP contribution in [0.5, 0.6) is 0 Å². The Balaban J connectivity index is 1.25. The number of thioether (sulfide) groups is 1. The molecule has 2 heterocycles. The summed E-state index contributed by atoms with van der Waals surface area (Å²) >= 11 is 9.79. The Morgan fingerprint density at radius 3 is 1.06 bits per heavy atom. The van der Waals surface area contributed by atoms with Crippen molar-refractivity contribution in [3.8, 4) is 0 Å². The number of hydrogen-bond acceptors (Lipinski definition) is 27. The van der Waals surface area contributed by atoms with Gasteiger partial charge in [-0.15, -0.1) is 0 Å². The van der Waals surface area contributed by atoms with Gasteiger partial charge >= 0.3 is 17.9 Å². The third-order valence-electron chi connectivity index (χ3n) is 22.8. The van der Waals surface area contributed by atoms with Crippen LogP contribution in [0.1, 0.15) is 133 Å². The van der Waals surface area contributed by atoms with E-state index in [0.717, 1.165) is 0 Å². The maximum atomic E-state index is 15.3. The SMILES string of the molecule is CSCC[C@H](NC(=O)[C@H](CCC(=O)O)NC(=O)[C@H](CC(=O)O)NC(=O)[C@H](CS)NC(=O)[C@H](Cc1ccccc1)NC(=O)[C@H](Cc1c[nH]c2ccccc12)NC(=O)[C@H](CCC(N)=O)NC(=O)[C@H](CC(N)=O)NC(=O)[C@H](CCCCN)NC(=O)[C@H](Cc1ccccc1)NC(=O)[C@H](CC(C)C)NC(=O)[C@H](CC(N)=O)NC(=O)[C@H](CS)NC(=O)[C@@H](NC(=O)[C@H](Cc1c[nH]c2ccccc12)NC(=O)[C@@H](N)CC(N)=O)C(C)C)C(=O)O. The number of carbonyl (C=O) groups excluding carboxylic acids is 19. The first-order valence-electron chi connectivity index (χ1n) is 46.4. The van der Waals surface area contributed by atoms with Gasteiger partial charge in [0.05, 0.1) is 31.7 Å². The van der Waals surface area contributed by atoms with E-state index in [9.17, 15) is 106 Å². The number of nitrogens with two attached hydrogens (primary N) is 6. The van der Waals surface area contributed by atoms with Crippen molar-refractivity contribution >= 4 is 189 Å². The largest absolute Gasteiger partial charge is 0.481 e. The lowest BCUT2D eigenvalue weighted by Gasteiger charge is -2.29. The summed E-state index contributed by atoms with van der Waals surface area (Å²) in [5, 5.41) is 67.3. The molecule has 19 amide bonds. The van der Waals surface area contributed by atoms with Crippen molar-refractivity contribution in [2.45, 2.75) is 234 Å². The summed E-state index contributed by atoms with van der Waals surface area (Å²) in [6, 6.07) is 2.37. The summed E-state index contributed by atoms with van der Waals surface area (Å²) in [6.07, 6.45) is -3.08. The Labute approximate surface area is 848 Å². The van der Waals surface area contributed by atoms with Gasteiger partial charge in [-0.2, -0.15) is 37.0 Å². The first kappa shape index (κ1) is 119. The number of nitrogens with one attached hydrogen (secondary N) is 17. The number of hydrogen-bond donors (Lipinski definition) is 28. The number of fused-ring (bicyclic) bond motifs is 2. The number of amides is 19. The normalized spacial score (nSPS) is 14.5. The summed E-state index contributed by atoms with van der Waals surface area (Å²) < 4.78 is 0. The van der Waals surface area contributed by atoms with E-state index in [2.05, 4.69) is 115 Å². The number of aromatic nitrogens is 2. The smallest absolute Gasteiger partial charge is 0.326 e. The van der Waals surface area contributed by atoms with Gasteiger partial charge in [-0.25, -0.2) is 4.79 Å². The van der Waals surface area contributed by atoms with E-state index in [1.54, 1.807) is 149 Å². The molecule has 2 aromatic heterocycles. The molecule has 0 spiro atoms. The number of benzene rings is 4. The van der Waals surface area contributed by atoms with Crippen LogP contribution in [0.3, 0.4) is 0 Å². The molecule has 4 aromatic carbocycles. The van der Waals surface area contributed by atoms with Crippen molar-refractivity contribution in [1.82, 2.24) is 89.7 Å². The zero-order chi connectivity index (χ0) is 107. The molecule has 6 rings (SSSR count). The van der Waals surface area contributed by atoms with E-state index < -0.39 is 308 Å². The van der Waals surface area contributed by atoms with Crippen molar-refractivity contribution in [3.63, 3.8) is 0 Å². The molecular formula is C94H129N23O25S3. The summed E-state index contributed by atoms with van der Waals surface area (Å²) in [4.78, 5) is 310. The molecule has 6 aromatic rings. The van der Waals surface area contributed by atoms with Gasteiger partial charge in [-0.05, 0) is 110 Å². The van der Waals surface area contributed by atoms with Crippen LogP contribution in [0.25, 0.3) is 21.8 Å². The molecule has 145 heavy (non-hydrogen) atoms. The molecule has 0 aliphatic rings. The Morgan fingerprint density at radius 2 is 0.669 bits per heavy atom. The molecule has 16 atom stereocenters. The van der Waals surface area contributed by atoms with Crippen LogP contribution in [0.4, 0.5) is 0 Å². The van der Waals surface area contributed by atoms with Crippen LogP contribution >= 0.6 is 37.0 Å². The predicted octanol–water partition coefficient (Wildman–Crippen LogP) is -4.72. The zero-order valence-electron chi connectivity index (χ0n) is 80.4. The highest BCUT2D eigenvalue weighted by Crippen LogP contribution is 2.24. The Kier molecular flexibility index (Phi) is 49.2. The van der Waals surface area contributed by atoms with Crippen molar-refractivity contribution in [1.29, 1.82) is 0 Å². The monoisotopic (exact) mass is 2080 g/mol. The van der Waals surface area contributed by atoms with Crippen LogP contribution in [-0.4, -0.2) is 282 Å². The molecule has 0 aliphatic heterocycles. The number of carboxylic acid groups (broad SMARTS) is 3. The summed E-state index contributed by atoms with van der Waals surface area (Å²) in [5.41, 5.74) is 37.1. The molecule has 0 saturated heterocycles. The minimum absolute atomic E-state index is 0.0547. The first-order chi connectivity index (χ1) is 68.7. The second-order valence-corrected chi connectivity index (χ2v) is 36.9. The second kappa shape index (κ2) is 60.0. The summed E-state index contributed by atoms with van der Waals surface area (Å²) in [5.74, 6) is -27.7. The van der Waals surface area contributed by atoms with Gasteiger partial charge < -0.3 is 139 Å². The average Bonchev–Trinajstić information content (AvgIpc) is 1.69. The number of para-hydroxylation sites is 2. The number of aromatic amines is 2. The van der Waals surface area contributed by atoms with Gasteiger partial charge in [0, 0.05) is 84.2 Å². The van der Waals surface area contributed by atoms with Gasteiger partial charge in [0.25, 0.3) is 0 Å². The van der Waals surface area contributed by atoms with Gasteiger partial charge in [0.15, 0.2) is 0 Å². The van der Waals surface area contributed by atoms with Gasteiger partial charge in [0.2, 0.25) is 112 Å². The van der Waals surface area contributed by atoms with Crippen LogP contribution < -0.4 is 114 Å². The van der Waals surface area contributed by atoms with E-state index in [1.807, 2.05) is 0 Å². The highest BCUT2D eigenvalue weighted by atomic mass is 32.2. The van der Waals surface area contributed by atoms with E-state index in [0.29, 0.717) is 44.1 Å².